The highest BCUT2D eigenvalue weighted by Crippen LogP contribution is 2.29. The van der Waals surface area contributed by atoms with Crippen LogP contribution in [0.25, 0.3) is 11.3 Å². The molecule has 1 aliphatic heterocycles. The molecule has 6 heteroatoms. The van der Waals surface area contributed by atoms with Gasteiger partial charge in [0.05, 0.1) is 5.69 Å². The van der Waals surface area contributed by atoms with Gasteiger partial charge in [-0.3, -0.25) is 0 Å². The maximum absolute atomic E-state index is 13.2. The molecule has 0 amide bonds. The average molecular weight is 335 g/mol. The first-order chi connectivity index (χ1) is 8.83. The number of piperidine rings is 1. The van der Waals surface area contributed by atoms with E-state index in [1.807, 2.05) is 11.4 Å². The van der Waals surface area contributed by atoms with Crippen molar-refractivity contribution in [2.24, 2.45) is 0 Å². The molecule has 1 fully saturated rings. The highest BCUT2D eigenvalue weighted by Gasteiger charge is 2.14. The molecule has 2 heterocycles. The van der Waals surface area contributed by atoms with Crippen molar-refractivity contribution >= 4 is 41.3 Å². The lowest BCUT2D eigenvalue weighted by Gasteiger charge is -2.25. The second-order valence-corrected chi connectivity index (χ2v) is 5.41. The summed E-state index contributed by atoms with van der Waals surface area (Å²) >= 11 is 1.65. The van der Waals surface area contributed by atoms with Crippen LogP contribution in [0.4, 0.5) is 9.52 Å². The van der Waals surface area contributed by atoms with E-state index in [4.69, 9.17) is 0 Å². The predicted molar refractivity (Wildman–Crippen MR) is 88.1 cm³/mol. The smallest absolute Gasteiger partial charge is 0.185 e. The Bertz CT molecular complexity index is 541. The zero-order valence-electron chi connectivity index (χ0n) is 10.9. The van der Waals surface area contributed by atoms with E-state index in [-0.39, 0.29) is 30.6 Å². The van der Waals surface area contributed by atoms with Gasteiger partial charge in [-0.1, -0.05) is 12.1 Å². The number of halogens is 3. The summed E-state index contributed by atoms with van der Waals surface area (Å²) < 4.78 is 13.2. The monoisotopic (exact) mass is 334 g/mol. The van der Waals surface area contributed by atoms with Gasteiger partial charge in [-0.05, 0) is 31.4 Å². The largest absolute Gasteiger partial charge is 0.348 e. The average Bonchev–Trinajstić information content (AvgIpc) is 2.89. The number of anilines is 1. The summed E-state index contributed by atoms with van der Waals surface area (Å²) in [6.45, 7) is 2.19. The molecule has 0 aliphatic carbocycles. The van der Waals surface area contributed by atoms with Crippen LogP contribution in [-0.2, 0) is 0 Å². The molecular weight excluding hydrogens is 318 g/mol. The molecule has 1 aromatic heterocycles. The van der Waals surface area contributed by atoms with Crippen molar-refractivity contribution in [3.05, 3.63) is 35.5 Å². The third kappa shape index (κ3) is 3.84. The topological polar surface area (TPSA) is 16.1 Å². The standard InChI is InChI=1S/C14H15FN2S.2ClH/c15-12-6-4-5-11(9-12)13-10-18-14(16-13)17-7-2-1-3-8-17;;/h4-6,9-10H,1-3,7-8H2;2*1H. The highest BCUT2D eigenvalue weighted by molar-refractivity contribution is 7.14. The van der Waals surface area contributed by atoms with Crippen molar-refractivity contribution in [2.45, 2.75) is 19.3 Å². The summed E-state index contributed by atoms with van der Waals surface area (Å²) in [4.78, 5) is 6.95. The molecule has 2 nitrogen and oxygen atoms in total. The van der Waals surface area contributed by atoms with Crippen LogP contribution in [0.15, 0.2) is 29.6 Å². The van der Waals surface area contributed by atoms with Gasteiger partial charge in [-0.2, -0.15) is 0 Å². The van der Waals surface area contributed by atoms with Crippen LogP contribution in [0.3, 0.4) is 0 Å². The van der Waals surface area contributed by atoms with E-state index < -0.39 is 0 Å². The lowest BCUT2D eigenvalue weighted by molar-refractivity contribution is 0.577. The molecule has 0 bridgehead atoms. The van der Waals surface area contributed by atoms with E-state index in [9.17, 15) is 4.39 Å². The van der Waals surface area contributed by atoms with Crippen molar-refractivity contribution in [3.63, 3.8) is 0 Å². The summed E-state index contributed by atoms with van der Waals surface area (Å²) in [5.41, 5.74) is 1.73. The number of benzene rings is 1. The second kappa shape index (κ2) is 7.81. The molecule has 3 rings (SSSR count). The molecule has 110 valence electrons. The van der Waals surface area contributed by atoms with Gasteiger partial charge in [-0.15, -0.1) is 36.2 Å². The first kappa shape index (κ1) is 17.2. The molecule has 0 spiro atoms. The quantitative estimate of drug-likeness (QED) is 0.785. The van der Waals surface area contributed by atoms with Gasteiger partial charge in [0.2, 0.25) is 0 Å². The van der Waals surface area contributed by atoms with E-state index in [1.165, 1.54) is 31.4 Å². The first-order valence-corrected chi connectivity index (χ1v) is 7.17. The van der Waals surface area contributed by atoms with E-state index >= 15 is 0 Å². The second-order valence-electron chi connectivity index (χ2n) is 4.57. The van der Waals surface area contributed by atoms with Crippen LogP contribution in [0.5, 0.6) is 0 Å². The van der Waals surface area contributed by atoms with Gasteiger partial charge in [0.25, 0.3) is 0 Å². The van der Waals surface area contributed by atoms with E-state index in [0.29, 0.717) is 0 Å². The van der Waals surface area contributed by atoms with Gasteiger partial charge in [0.15, 0.2) is 5.13 Å². The third-order valence-electron chi connectivity index (χ3n) is 3.24. The van der Waals surface area contributed by atoms with Gasteiger partial charge >= 0.3 is 0 Å². The molecular formula is C14H17Cl2FN2S. The number of thiazole rings is 1. The summed E-state index contributed by atoms with van der Waals surface area (Å²) in [6.07, 6.45) is 3.81. The van der Waals surface area contributed by atoms with Gasteiger partial charge < -0.3 is 4.90 Å². The Morgan fingerprint density at radius 3 is 2.55 bits per heavy atom. The highest BCUT2D eigenvalue weighted by atomic mass is 35.5. The number of aromatic nitrogens is 1. The number of nitrogens with zero attached hydrogens (tertiary/aromatic N) is 2. The molecule has 0 saturated carbocycles. The minimum Gasteiger partial charge on any atom is -0.348 e. The zero-order chi connectivity index (χ0) is 12.4. The number of hydrogen-bond acceptors (Lipinski definition) is 3. The van der Waals surface area contributed by atoms with Gasteiger partial charge in [0, 0.05) is 24.0 Å². The molecule has 0 unspecified atom stereocenters. The Balaban J connectivity index is 0.000001000. The Hall–Kier alpha value is -0.840. The minimum absolute atomic E-state index is 0. The maximum Gasteiger partial charge on any atom is 0.185 e. The van der Waals surface area contributed by atoms with Crippen molar-refractivity contribution in [3.8, 4) is 11.3 Å². The fraction of sp³-hybridized carbons (Fsp3) is 0.357. The van der Waals surface area contributed by atoms with Crippen molar-refractivity contribution in [1.29, 1.82) is 0 Å². The number of rotatable bonds is 2. The SMILES string of the molecule is Cl.Cl.Fc1cccc(-c2csc(N3CCCCC3)n2)c1. The third-order valence-corrected chi connectivity index (χ3v) is 4.14. The fourth-order valence-corrected chi connectivity index (χ4v) is 3.16. The summed E-state index contributed by atoms with van der Waals surface area (Å²) in [6, 6.07) is 6.62. The molecule has 0 N–H and O–H groups in total. The predicted octanol–water partition coefficient (Wildman–Crippen LogP) is 4.78. The normalized spacial score (nSPS) is 14.3. The molecule has 1 saturated heterocycles. The van der Waals surface area contributed by atoms with Gasteiger partial charge in [0.1, 0.15) is 5.82 Å². The van der Waals surface area contributed by atoms with Crippen molar-refractivity contribution in [2.75, 3.05) is 18.0 Å². The molecule has 0 radical (unpaired) electrons. The van der Waals surface area contributed by atoms with E-state index in [1.54, 1.807) is 17.4 Å². The minimum atomic E-state index is -0.208. The van der Waals surface area contributed by atoms with Crippen LogP contribution in [0.1, 0.15) is 19.3 Å². The van der Waals surface area contributed by atoms with Crippen molar-refractivity contribution in [1.82, 2.24) is 4.98 Å². The van der Waals surface area contributed by atoms with Crippen LogP contribution in [0, 0.1) is 5.82 Å². The molecule has 2 aromatic rings. The number of hydrogen-bond donors (Lipinski definition) is 0. The Morgan fingerprint density at radius 2 is 1.85 bits per heavy atom. The van der Waals surface area contributed by atoms with Crippen LogP contribution >= 0.6 is 36.2 Å². The van der Waals surface area contributed by atoms with Crippen molar-refractivity contribution < 1.29 is 4.39 Å². The lowest BCUT2D eigenvalue weighted by atomic mass is 10.1. The summed E-state index contributed by atoms with van der Waals surface area (Å²) in [5, 5.41) is 3.08. The Kier molecular flexibility index (Phi) is 6.72. The van der Waals surface area contributed by atoms with Gasteiger partial charge in [-0.25, -0.2) is 9.37 Å². The fourth-order valence-electron chi connectivity index (χ4n) is 2.28. The molecule has 0 atom stereocenters. The maximum atomic E-state index is 13.2. The molecule has 1 aliphatic rings. The van der Waals surface area contributed by atoms with Crippen LogP contribution in [0.2, 0.25) is 0 Å². The molecule has 20 heavy (non-hydrogen) atoms. The van der Waals surface area contributed by atoms with E-state index in [2.05, 4.69) is 9.88 Å². The van der Waals surface area contributed by atoms with Crippen LogP contribution < -0.4 is 4.90 Å². The first-order valence-electron chi connectivity index (χ1n) is 6.29. The summed E-state index contributed by atoms with van der Waals surface area (Å²) in [7, 11) is 0. The van der Waals surface area contributed by atoms with Crippen LogP contribution in [-0.4, -0.2) is 18.1 Å². The Labute approximate surface area is 134 Å². The molecule has 1 aromatic carbocycles. The lowest BCUT2D eigenvalue weighted by Crippen LogP contribution is -2.29. The summed E-state index contributed by atoms with van der Waals surface area (Å²) in [5.74, 6) is -0.208. The zero-order valence-corrected chi connectivity index (χ0v) is 13.4. The Morgan fingerprint density at radius 1 is 1.10 bits per heavy atom. The van der Waals surface area contributed by atoms with E-state index in [0.717, 1.165) is 29.5 Å².